The van der Waals surface area contributed by atoms with Gasteiger partial charge in [-0.15, -0.1) is 0 Å². The molecule has 33 heavy (non-hydrogen) atoms. The third kappa shape index (κ3) is 2.60. The fraction of sp³-hybridized carbons (Fsp3) is 0. The molecule has 0 saturated heterocycles. The number of nitrogens with zero attached hydrogens (tertiary/aromatic N) is 1. The second-order valence-corrected chi connectivity index (χ2v) is 14.3. The van der Waals surface area contributed by atoms with Crippen LogP contribution in [-0.2, 0) is 0 Å². The van der Waals surface area contributed by atoms with Gasteiger partial charge >= 0.3 is 0 Å². The average Bonchev–Trinajstić information content (AvgIpc) is 3.45. The highest BCUT2D eigenvalue weighted by Crippen LogP contribution is 2.74. The van der Waals surface area contributed by atoms with Gasteiger partial charge in [0.2, 0.25) is 0 Å². The summed E-state index contributed by atoms with van der Waals surface area (Å²) in [7, 11) is 0. The Hall–Kier alpha value is -2.28. The number of rotatable bonds is 0. The monoisotopic (exact) mass is 494 g/mol. The van der Waals surface area contributed by atoms with Gasteiger partial charge in [0.15, 0.2) is 47.8 Å². The van der Waals surface area contributed by atoms with Crippen molar-refractivity contribution in [1.29, 1.82) is 0 Å². The van der Waals surface area contributed by atoms with Crippen LogP contribution in [0.25, 0.3) is 43.1 Å². The Labute approximate surface area is 208 Å². The van der Waals surface area contributed by atoms with E-state index in [9.17, 15) is 0 Å². The summed E-state index contributed by atoms with van der Waals surface area (Å²) in [6.07, 6.45) is 0. The molecule has 6 aromatic carbocycles. The molecule has 0 bridgehead atoms. The molecule has 0 saturated carbocycles. The molecule has 156 valence electrons. The molecule has 1 nitrogen and oxygen atoms in total. The lowest BCUT2D eigenvalue weighted by Gasteiger charge is -2.15. The van der Waals surface area contributed by atoms with Crippen LogP contribution in [0.5, 0.6) is 0 Å². The van der Waals surface area contributed by atoms with Gasteiger partial charge < -0.3 is 0 Å². The summed E-state index contributed by atoms with van der Waals surface area (Å²) >= 11 is 7.96. The number of hydrogen-bond donors (Lipinski definition) is 0. The molecule has 2 heterocycles. The van der Waals surface area contributed by atoms with Crippen LogP contribution in [0.4, 0.5) is 0 Å². The van der Waals surface area contributed by atoms with Crippen molar-refractivity contribution in [2.75, 3.05) is 0 Å². The predicted molar refractivity (Wildman–Crippen MR) is 147 cm³/mol. The molecule has 0 N–H and O–H groups in total. The molecule has 1 spiro atoms. The maximum absolute atomic E-state index is 2.29. The third-order valence-electron chi connectivity index (χ3n) is 6.49. The Morgan fingerprint density at radius 3 is 0.758 bits per heavy atom. The van der Waals surface area contributed by atoms with Crippen molar-refractivity contribution < 1.29 is 2.10 Å². The van der Waals surface area contributed by atoms with Crippen molar-refractivity contribution in [2.24, 2.45) is 0 Å². The van der Waals surface area contributed by atoms with Crippen LogP contribution < -0.4 is 0 Å². The first-order valence-corrected chi connectivity index (χ1v) is 13.9. The zero-order chi connectivity index (χ0) is 21.6. The van der Waals surface area contributed by atoms with Crippen molar-refractivity contribution >= 4 is 90.9 Å². The van der Waals surface area contributed by atoms with Crippen molar-refractivity contribution in [1.82, 2.24) is 0 Å². The summed E-state index contributed by atoms with van der Waals surface area (Å²) in [6, 6.07) is 35.6. The van der Waals surface area contributed by atoms with E-state index in [-0.39, 0.29) is 0 Å². The van der Waals surface area contributed by atoms with Gasteiger partial charge in [0.05, 0.1) is 19.6 Å². The Kier molecular flexibility index (Phi) is 3.97. The van der Waals surface area contributed by atoms with E-state index in [2.05, 4.69) is 97.1 Å². The predicted octanol–water partition coefficient (Wildman–Crippen LogP) is 9.87. The minimum Gasteiger partial charge on any atom is -0.0620 e. The van der Waals surface area contributed by atoms with Crippen LogP contribution in [0.3, 0.4) is 0 Å². The van der Waals surface area contributed by atoms with Crippen LogP contribution in [0.15, 0.2) is 117 Å². The van der Waals surface area contributed by atoms with E-state index in [1.54, 1.807) is 0 Å². The molecule has 6 aromatic rings. The summed E-state index contributed by atoms with van der Waals surface area (Å²) in [6.45, 7) is 0. The quantitative estimate of drug-likeness (QED) is 0.117. The van der Waals surface area contributed by atoms with Gasteiger partial charge in [0.1, 0.15) is 0 Å². The van der Waals surface area contributed by atoms with Crippen molar-refractivity contribution in [3.8, 4) is 0 Å². The molecule has 0 amide bonds. The fourth-order valence-corrected chi connectivity index (χ4v) is 11.9. The summed E-state index contributed by atoms with van der Waals surface area (Å²) in [5.41, 5.74) is 0. The van der Waals surface area contributed by atoms with Gasteiger partial charge in [-0.05, 0) is 21.5 Å². The highest BCUT2D eigenvalue weighted by atomic mass is 32.3. The van der Waals surface area contributed by atoms with Gasteiger partial charge in [0.25, 0.3) is 0 Å². The smallest absolute Gasteiger partial charge is 0.0620 e. The highest BCUT2D eigenvalue weighted by molar-refractivity contribution is 8.31. The van der Waals surface area contributed by atoms with Crippen molar-refractivity contribution in [3.63, 3.8) is 0 Å². The van der Waals surface area contributed by atoms with Gasteiger partial charge in [-0.1, -0.05) is 99.2 Å². The van der Waals surface area contributed by atoms with E-state index in [0.29, 0.717) is 0 Å². The van der Waals surface area contributed by atoms with Gasteiger partial charge in [0, 0.05) is 21.5 Å². The molecule has 0 aliphatic carbocycles. The standard InChI is InChI=1S/C28H16NS4/c1-5-13-21-17(9-1)18-10-2-6-14-22(18)26-25(21)30-29(31-26)32-27-23-15-7-3-11-19(23)20-12-4-8-16-24(20)28(27)33-29/h1-16H/q+1. The third-order valence-corrected chi connectivity index (χ3v) is 12.8. The molecule has 2 aliphatic heterocycles. The van der Waals surface area contributed by atoms with E-state index >= 15 is 0 Å². The minimum absolute atomic E-state index is 0.792. The Balaban J connectivity index is 1.38. The molecule has 0 fully saturated rings. The molecule has 8 rings (SSSR count). The zero-order valence-corrected chi connectivity index (χ0v) is 20.6. The summed E-state index contributed by atoms with van der Waals surface area (Å²) in [4.78, 5) is 5.65. The summed E-state index contributed by atoms with van der Waals surface area (Å²) < 4.78 is 0.792. The lowest BCUT2D eigenvalue weighted by atomic mass is 10.0. The largest absolute Gasteiger partial charge is 0.154 e. The summed E-state index contributed by atoms with van der Waals surface area (Å²) in [5.74, 6) is 0. The topological polar surface area (TPSA) is 0 Å². The second-order valence-electron chi connectivity index (χ2n) is 8.31. The lowest BCUT2D eigenvalue weighted by Crippen LogP contribution is -2.05. The van der Waals surface area contributed by atoms with E-state index < -0.39 is 0 Å². The molecular weight excluding hydrogens is 479 g/mol. The van der Waals surface area contributed by atoms with Gasteiger partial charge in [-0.3, -0.25) is 0 Å². The molecule has 0 radical (unpaired) electrons. The van der Waals surface area contributed by atoms with Crippen LogP contribution >= 0.6 is 47.8 Å². The van der Waals surface area contributed by atoms with Crippen molar-refractivity contribution in [2.45, 2.75) is 19.6 Å². The van der Waals surface area contributed by atoms with Crippen LogP contribution in [-0.4, -0.2) is 2.10 Å². The number of quaternary nitrogens is 1. The average molecular weight is 495 g/mol. The fourth-order valence-electron chi connectivity index (χ4n) is 5.07. The van der Waals surface area contributed by atoms with E-state index in [4.69, 9.17) is 0 Å². The first-order valence-electron chi connectivity index (χ1n) is 10.9. The molecule has 0 unspecified atom stereocenters. The molecule has 5 heteroatoms. The molecule has 0 aromatic heterocycles. The van der Waals surface area contributed by atoms with E-state index in [1.165, 1.54) is 62.7 Å². The normalized spacial score (nSPS) is 16.2. The molecular formula is C28H16NS4+. The zero-order valence-electron chi connectivity index (χ0n) is 17.3. The van der Waals surface area contributed by atoms with E-state index in [1.807, 2.05) is 47.8 Å². The molecule has 2 aliphatic rings. The Morgan fingerprint density at radius 1 is 0.303 bits per heavy atom. The highest BCUT2D eigenvalue weighted by Gasteiger charge is 2.53. The van der Waals surface area contributed by atoms with Crippen LogP contribution in [0, 0.1) is 0 Å². The van der Waals surface area contributed by atoms with Gasteiger partial charge in [-0.2, -0.15) is 0 Å². The first kappa shape index (κ1) is 19.1. The van der Waals surface area contributed by atoms with Gasteiger partial charge in [-0.25, -0.2) is 0 Å². The number of fused-ring (bicyclic) bond motifs is 12. The maximum Gasteiger partial charge on any atom is 0.154 e. The Morgan fingerprint density at radius 2 is 0.515 bits per heavy atom. The number of hydrogen-bond acceptors (Lipinski definition) is 4. The Bertz CT molecular complexity index is 1530. The van der Waals surface area contributed by atoms with Crippen LogP contribution in [0.2, 0.25) is 0 Å². The minimum atomic E-state index is 0.792. The van der Waals surface area contributed by atoms with Crippen LogP contribution in [0.1, 0.15) is 0 Å². The lowest BCUT2D eigenvalue weighted by molar-refractivity contribution is -0.267. The second kappa shape index (κ2) is 6.87. The SMILES string of the molecule is c1ccc2c(c1)c1c(c3ccccc32)S[N+]2(S1)Sc1c(c3ccccc3c3ccccc13)S2. The maximum atomic E-state index is 2.29. The summed E-state index contributed by atoms with van der Waals surface area (Å²) in [5, 5.41) is 10.9. The first-order chi connectivity index (χ1) is 16.3. The van der Waals surface area contributed by atoms with Crippen molar-refractivity contribution in [3.05, 3.63) is 97.1 Å². The molecule has 0 atom stereocenters. The van der Waals surface area contributed by atoms with E-state index in [0.717, 1.165) is 2.10 Å². The number of benzene rings is 6.